The molecule has 0 saturated carbocycles. The van der Waals surface area contributed by atoms with Crippen LogP contribution in [0.15, 0.2) is 18.2 Å². The molecule has 0 aliphatic carbocycles. The lowest BCUT2D eigenvalue weighted by Crippen LogP contribution is -2.50. The van der Waals surface area contributed by atoms with Crippen molar-refractivity contribution in [2.75, 3.05) is 18.0 Å². The first-order valence-corrected chi connectivity index (χ1v) is 5.81. The number of amides is 2. The van der Waals surface area contributed by atoms with E-state index in [-0.39, 0.29) is 11.8 Å². The lowest BCUT2D eigenvalue weighted by atomic mass is 10.1. The third-order valence-electron chi connectivity index (χ3n) is 2.83. The van der Waals surface area contributed by atoms with E-state index in [1.165, 1.54) is 12.1 Å². The fourth-order valence-electron chi connectivity index (χ4n) is 1.96. The Labute approximate surface area is 105 Å². The number of carbonyl (C=O) groups is 2. The summed E-state index contributed by atoms with van der Waals surface area (Å²) >= 11 is 0. The predicted octanol–water partition coefficient (Wildman–Crippen LogP) is -0.141. The van der Waals surface area contributed by atoms with E-state index in [0.717, 1.165) is 6.42 Å². The molecule has 1 aliphatic heterocycles. The average molecular weight is 248 g/mol. The van der Waals surface area contributed by atoms with Gasteiger partial charge in [0.2, 0.25) is 5.91 Å². The van der Waals surface area contributed by atoms with Gasteiger partial charge in [-0.25, -0.2) is 0 Å². The summed E-state index contributed by atoms with van der Waals surface area (Å²) < 4.78 is 0. The van der Waals surface area contributed by atoms with Crippen molar-refractivity contribution < 1.29 is 9.59 Å². The fourth-order valence-corrected chi connectivity index (χ4v) is 1.96. The van der Waals surface area contributed by atoms with Gasteiger partial charge in [0.15, 0.2) is 0 Å². The van der Waals surface area contributed by atoms with E-state index >= 15 is 0 Å². The second-order valence-corrected chi connectivity index (χ2v) is 4.35. The van der Waals surface area contributed by atoms with Crippen LogP contribution in [0.5, 0.6) is 0 Å². The average Bonchev–Trinajstić information content (AvgIpc) is 2.31. The highest BCUT2D eigenvalue weighted by molar-refractivity contribution is 5.99. The Balaban J connectivity index is 2.09. The van der Waals surface area contributed by atoms with Crippen LogP contribution in [-0.4, -0.2) is 24.4 Å². The van der Waals surface area contributed by atoms with Gasteiger partial charge >= 0.3 is 0 Å². The molecule has 1 unspecified atom stereocenters. The molecule has 6 heteroatoms. The van der Waals surface area contributed by atoms with Gasteiger partial charge < -0.3 is 22.1 Å². The number of nitrogens with two attached hydrogens (primary N) is 2. The van der Waals surface area contributed by atoms with Crippen molar-refractivity contribution in [2.24, 2.45) is 0 Å². The smallest absolute Gasteiger partial charge is 0.252 e. The van der Waals surface area contributed by atoms with E-state index in [1.54, 1.807) is 6.07 Å². The Kier molecular flexibility index (Phi) is 3.36. The monoisotopic (exact) mass is 248 g/mol. The number of carbonyl (C=O) groups excluding carboxylic acids is 2. The summed E-state index contributed by atoms with van der Waals surface area (Å²) in [5.74, 6) is -0.484. The number of hydrogen-bond donors (Lipinski definition) is 4. The van der Waals surface area contributed by atoms with Crippen molar-refractivity contribution in [2.45, 2.75) is 18.9 Å². The summed E-state index contributed by atoms with van der Waals surface area (Å²) in [6.07, 6.45) is 1.51. The Morgan fingerprint density at radius 3 is 2.56 bits per heavy atom. The molecule has 1 heterocycles. The molecule has 6 nitrogen and oxygen atoms in total. The van der Waals surface area contributed by atoms with Gasteiger partial charge in [0.05, 0.1) is 0 Å². The summed E-state index contributed by atoms with van der Waals surface area (Å²) in [5.41, 5.74) is 12.5. The first-order valence-electron chi connectivity index (χ1n) is 5.81. The van der Waals surface area contributed by atoms with E-state index in [9.17, 15) is 9.59 Å². The van der Waals surface area contributed by atoms with E-state index in [0.29, 0.717) is 29.9 Å². The maximum Gasteiger partial charge on any atom is 0.252 e. The Morgan fingerprint density at radius 1 is 1.28 bits per heavy atom. The number of anilines is 2. The molecular weight excluding hydrogens is 232 g/mol. The molecule has 6 N–H and O–H groups in total. The second-order valence-electron chi connectivity index (χ2n) is 4.35. The van der Waals surface area contributed by atoms with Crippen LogP contribution in [0.1, 0.15) is 23.2 Å². The number of nitrogens with one attached hydrogen (secondary N) is 2. The van der Waals surface area contributed by atoms with Crippen molar-refractivity contribution >= 4 is 23.2 Å². The molecule has 0 radical (unpaired) electrons. The summed E-state index contributed by atoms with van der Waals surface area (Å²) in [7, 11) is 0. The van der Waals surface area contributed by atoms with Crippen molar-refractivity contribution in [3.05, 3.63) is 23.8 Å². The Bertz CT molecular complexity index is 467. The minimum absolute atomic E-state index is 0.147. The maximum absolute atomic E-state index is 12.0. The van der Waals surface area contributed by atoms with Gasteiger partial charge in [-0.1, -0.05) is 0 Å². The van der Waals surface area contributed by atoms with E-state index < -0.39 is 6.04 Å². The van der Waals surface area contributed by atoms with Crippen LogP contribution < -0.4 is 22.1 Å². The molecule has 1 atom stereocenters. The molecule has 1 fully saturated rings. The van der Waals surface area contributed by atoms with Gasteiger partial charge in [0, 0.05) is 23.5 Å². The van der Waals surface area contributed by atoms with Crippen LogP contribution >= 0.6 is 0 Å². The third-order valence-corrected chi connectivity index (χ3v) is 2.83. The van der Waals surface area contributed by atoms with Gasteiger partial charge in [-0.3, -0.25) is 9.59 Å². The molecular formula is C12H16N4O2. The number of rotatable bonds is 2. The maximum atomic E-state index is 12.0. The topological polar surface area (TPSA) is 110 Å². The molecule has 96 valence electrons. The largest absolute Gasteiger partial charge is 0.399 e. The molecule has 1 aromatic carbocycles. The number of benzene rings is 1. The highest BCUT2D eigenvalue weighted by atomic mass is 16.2. The van der Waals surface area contributed by atoms with E-state index in [4.69, 9.17) is 11.5 Å². The zero-order valence-electron chi connectivity index (χ0n) is 9.90. The van der Waals surface area contributed by atoms with Crippen LogP contribution in [0.25, 0.3) is 0 Å². The predicted molar refractivity (Wildman–Crippen MR) is 68.8 cm³/mol. The first kappa shape index (κ1) is 12.2. The minimum Gasteiger partial charge on any atom is -0.399 e. The van der Waals surface area contributed by atoms with Gasteiger partial charge in [0.25, 0.3) is 5.91 Å². The zero-order valence-corrected chi connectivity index (χ0v) is 9.90. The molecule has 0 aromatic heterocycles. The van der Waals surface area contributed by atoms with Crippen molar-refractivity contribution in [3.63, 3.8) is 0 Å². The van der Waals surface area contributed by atoms with Crippen LogP contribution in [0.4, 0.5) is 11.4 Å². The first-order chi connectivity index (χ1) is 8.56. The SMILES string of the molecule is Nc1cc(N)cc(C(=O)NC2CCCNC2=O)c1. The van der Waals surface area contributed by atoms with Gasteiger partial charge in [-0.2, -0.15) is 0 Å². The van der Waals surface area contributed by atoms with Gasteiger partial charge in [-0.05, 0) is 31.0 Å². The molecule has 0 spiro atoms. The fraction of sp³-hybridized carbons (Fsp3) is 0.333. The van der Waals surface area contributed by atoms with Crippen LogP contribution in [0, 0.1) is 0 Å². The summed E-state index contributed by atoms with van der Waals surface area (Å²) in [5, 5.41) is 5.39. The highest BCUT2D eigenvalue weighted by Gasteiger charge is 2.24. The van der Waals surface area contributed by atoms with Crippen LogP contribution in [0.3, 0.4) is 0 Å². The summed E-state index contributed by atoms with van der Waals surface area (Å²) in [4.78, 5) is 23.5. The zero-order chi connectivity index (χ0) is 13.1. The quantitative estimate of drug-likeness (QED) is 0.546. The lowest BCUT2D eigenvalue weighted by Gasteiger charge is -2.22. The molecule has 1 aliphatic rings. The summed E-state index contributed by atoms with van der Waals surface area (Å²) in [6, 6.07) is 4.16. The second kappa shape index (κ2) is 4.95. The van der Waals surface area contributed by atoms with Crippen molar-refractivity contribution in [1.82, 2.24) is 10.6 Å². The molecule has 2 rings (SSSR count). The highest BCUT2D eigenvalue weighted by Crippen LogP contribution is 2.14. The normalized spacial score (nSPS) is 19.1. The Morgan fingerprint density at radius 2 is 1.94 bits per heavy atom. The van der Waals surface area contributed by atoms with Gasteiger partial charge in [-0.15, -0.1) is 0 Å². The third kappa shape index (κ3) is 2.71. The molecule has 1 aromatic rings. The Hall–Kier alpha value is -2.24. The summed E-state index contributed by atoms with van der Waals surface area (Å²) in [6.45, 7) is 0.663. The number of nitrogen functional groups attached to an aromatic ring is 2. The molecule has 2 amide bonds. The van der Waals surface area contributed by atoms with Crippen LogP contribution in [-0.2, 0) is 4.79 Å². The number of piperidine rings is 1. The standard InChI is InChI=1S/C12H16N4O2/c13-8-4-7(5-9(14)6-8)11(17)16-10-2-1-3-15-12(10)18/h4-6,10H,1-3,13-14H2,(H,15,18)(H,16,17). The molecule has 1 saturated heterocycles. The van der Waals surface area contributed by atoms with Gasteiger partial charge in [0.1, 0.15) is 6.04 Å². The van der Waals surface area contributed by atoms with Crippen LogP contribution in [0.2, 0.25) is 0 Å². The number of hydrogen-bond acceptors (Lipinski definition) is 4. The molecule has 0 bridgehead atoms. The van der Waals surface area contributed by atoms with Crippen molar-refractivity contribution in [1.29, 1.82) is 0 Å². The minimum atomic E-state index is -0.478. The molecule has 18 heavy (non-hydrogen) atoms. The van der Waals surface area contributed by atoms with E-state index in [2.05, 4.69) is 10.6 Å². The van der Waals surface area contributed by atoms with E-state index in [1.807, 2.05) is 0 Å². The van der Waals surface area contributed by atoms with Crippen molar-refractivity contribution in [3.8, 4) is 0 Å². The lowest BCUT2D eigenvalue weighted by molar-refractivity contribution is -0.124.